The van der Waals surface area contributed by atoms with Crippen LogP contribution >= 0.6 is 31.9 Å². The van der Waals surface area contributed by atoms with Crippen molar-refractivity contribution in [3.8, 4) is 0 Å². The molecule has 8 heteroatoms. The molecule has 2 rings (SSSR count). The number of aromatic carboxylic acids is 1. The summed E-state index contributed by atoms with van der Waals surface area (Å²) in [5, 5.41) is 14.2. The zero-order valence-corrected chi connectivity index (χ0v) is 19.4. The van der Waals surface area contributed by atoms with Crippen LogP contribution in [-0.2, 0) is 9.59 Å². The minimum Gasteiger partial charge on any atom is -0.478 e. The van der Waals surface area contributed by atoms with Crippen LogP contribution in [0.2, 0.25) is 0 Å². The van der Waals surface area contributed by atoms with Crippen molar-refractivity contribution in [2.45, 2.75) is 34.6 Å². The van der Waals surface area contributed by atoms with Gasteiger partial charge in [0.25, 0.3) is 0 Å². The van der Waals surface area contributed by atoms with Crippen LogP contribution in [0, 0.1) is 20.8 Å². The van der Waals surface area contributed by atoms with Gasteiger partial charge in [-0.25, -0.2) is 4.79 Å². The van der Waals surface area contributed by atoms with Gasteiger partial charge >= 0.3 is 5.97 Å². The van der Waals surface area contributed by atoms with Crippen LogP contribution in [0.4, 0.5) is 11.4 Å². The standard InChI is InChI=1S/C10H10BrNO3.C10H12BrNO/c1-5-3-7(10(14)15)9(4-8(5)11)12-6(2)13;1-6-4-7(2)10(5-9(6)11)12-8(3)13/h3-4H,1-2H3,(H,12,13)(H,14,15);4-5H,1-3H3,(H,12,13). The van der Waals surface area contributed by atoms with E-state index < -0.39 is 5.97 Å². The topological polar surface area (TPSA) is 95.5 Å². The van der Waals surface area contributed by atoms with E-state index in [1.54, 1.807) is 13.0 Å². The molecule has 0 unspecified atom stereocenters. The number of amides is 2. The number of carbonyl (C=O) groups is 3. The Kier molecular flexibility index (Phi) is 8.84. The summed E-state index contributed by atoms with van der Waals surface area (Å²) in [6.07, 6.45) is 0. The second-order valence-corrected chi connectivity index (χ2v) is 7.94. The summed E-state index contributed by atoms with van der Waals surface area (Å²) in [6.45, 7) is 8.63. The molecule has 0 aliphatic rings. The predicted molar refractivity (Wildman–Crippen MR) is 118 cm³/mol. The molecule has 2 amide bonds. The number of aryl methyl sites for hydroxylation is 3. The molecule has 0 bridgehead atoms. The molecule has 2 aromatic rings. The van der Waals surface area contributed by atoms with Crippen LogP contribution in [0.3, 0.4) is 0 Å². The summed E-state index contributed by atoms with van der Waals surface area (Å²) in [7, 11) is 0. The van der Waals surface area contributed by atoms with Gasteiger partial charge in [0.2, 0.25) is 11.8 Å². The fourth-order valence-electron chi connectivity index (χ4n) is 2.30. The number of hydrogen-bond acceptors (Lipinski definition) is 3. The van der Waals surface area contributed by atoms with E-state index in [2.05, 4.69) is 42.5 Å². The van der Waals surface area contributed by atoms with Gasteiger partial charge in [-0.2, -0.15) is 0 Å². The average molecular weight is 514 g/mol. The second-order valence-electron chi connectivity index (χ2n) is 6.23. The fourth-order valence-corrected chi connectivity index (χ4v) is 2.99. The van der Waals surface area contributed by atoms with E-state index in [9.17, 15) is 14.4 Å². The molecule has 0 spiro atoms. The first-order valence-electron chi connectivity index (χ1n) is 8.27. The minimum atomic E-state index is -1.06. The Morgan fingerprint density at radius 2 is 1.18 bits per heavy atom. The van der Waals surface area contributed by atoms with E-state index in [0.717, 1.165) is 25.8 Å². The number of anilines is 2. The molecule has 0 atom stereocenters. The summed E-state index contributed by atoms with van der Waals surface area (Å²) >= 11 is 6.69. The highest BCUT2D eigenvalue weighted by Gasteiger charge is 2.13. The van der Waals surface area contributed by atoms with Crippen molar-refractivity contribution in [3.63, 3.8) is 0 Å². The van der Waals surface area contributed by atoms with Gasteiger partial charge in [-0.05, 0) is 55.7 Å². The molecular weight excluding hydrogens is 492 g/mol. The van der Waals surface area contributed by atoms with E-state index >= 15 is 0 Å². The third-order valence-corrected chi connectivity index (χ3v) is 5.36. The molecule has 6 nitrogen and oxygen atoms in total. The lowest BCUT2D eigenvalue weighted by molar-refractivity contribution is -0.115. The molecule has 0 aromatic heterocycles. The van der Waals surface area contributed by atoms with Gasteiger partial charge in [0.15, 0.2) is 0 Å². The lowest BCUT2D eigenvalue weighted by atomic mass is 10.1. The first kappa shape index (κ1) is 23.8. The van der Waals surface area contributed by atoms with Gasteiger partial charge in [-0.3, -0.25) is 9.59 Å². The van der Waals surface area contributed by atoms with Crippen molar-refractivity contribution in [2.24, 2.45) is 0 Å². The number of nitrogens with one attached hydrogen (secondary N) is 2. The monoisotopic (exact) mass is 512 g/mol. The predicted octanol–water partition coefficient (Wildman–Crippen LogP) is 5.44. The van der Waals surface area contributed by atoms with Crippen molar-refractivity contribution in [2.75, 3.05) is 10.6 Å². The molecule has 0 fully saturated rings. The Morgan fingerprint density at radius 3 is 1.64 bits per heavy atom. The number of carboxylic acids is 1. The van der Waals surface area contributed by atoms with E-state index in [1.807, 2.05) is 26.0 Å². The third kappa shape index (κ3) is 7.09. The van der Waals surface area contributed by atoms with Gasteiger partial charge in [0, 0.05) is 28.5 Å². The molecule has 0 saturated carbocycles. The Hall–Kier alpha value is -2.19. The van der Waals surface area contributed by atoms with Crippen molar-refractivity contribution in [1.29, 1.82) is 0 Å². The Morgan fingerprint density at radius 1 is 0.750 bits per heavy atom. The van der Waals surface area contributed by atoms with E-state index in [-0.39, 0.29) is 17.4 Å². The smallest absolute Gasteiger partial charge is 0.337 e. The molecule has 150 valence electrons. The van der Waals surface area contributed by atoms with Gasteiger partial charge in [0.05, 0.1) is 11.3 Å². The van der Waals surface area contributed by atoms with E-state index in [4.69, 9.17) is 5.11 Å². The van der Waals surface area contributed by atoms with Gasteiger partial charge in [0.1, 0.15) is 0 Å². The lowest BCUT2D eigenvalue weighted by Crippen LogP contribution is -2.11. The Labute approximate surface area is 181 Å². The number of rotatable bonds is 3. The average Bonchev–Trinajstić information content (AvgIpc) is 2.55. The third-order valence-electron chi connectivity index (χ3n) is 3.66. The maximum absolute atomic E-state index is 10.9. The first-order chi connectivity index (χ1) is 12.9. The van der Waals surface area contributed by atoms with Crippen LogP contribution in [0.25, 0.3) is 0 Å². The first-order valence-corrected chi connectivity index (χ1v) is 9.86. The normalized spacial score (nSPS) is 9.82. The summed E-state index contributed by atoms with van der Waals surface area (Å²) in [5.41, 5.74) is 4.31. The maximum Gasteiger partial charge on any atom is 0.337 e. The molecule has 28 heavy (non-hydrogen) atoms. The Balaban J connectivity index is 0.000000283. The van der Waals surface area contributed by atoms with Crippen LogP contribution in [0.1, 0.15) is 40.9 Å². The zero-order chi connectivity index (χ0) is 21.6. The van der Waals surface area contributed by atoms with Crippen molar-refractivity contribution in [3.05, 3.63) is 55.5 Å². The highest BCUT2D eigenvalue weighted by atomic mass is 79.9. The quantitative estimate of drug-likeness (QED) is 0.509. The molecule has 0 aliphatic carbocycles. The zero-order valence-electron chi connectivity index (χ0n) is 16.2. The lowest BCUT2D eigenvalue weighted by Gasteiger charge is -2.09. The number of hydrogen-bond donors (Lipinski definition) is 3. The number of halogens is 2. The Bertz CT molecular complexity index is 927. The number of benzene rings is 2. The van der Waals surface area contributed by atoms with E-state index in [1.165, 1.54) is 25.5 Å². The minimum absolute atomic E-state index is 0.0427. The van der Waals surface area contributed by atoms with Gasteiger partial charge in [-0.1, -0.05) is 37.9 Å². The molecule has 0 aliphatic heterocycles. The summed E-state index contributed by atoms with van der Waals surface area (Å²) in [5.74, 6) is -1.40. The summed E-state index contributed by atoms with van der Waals surface area (Å²) in [6, 6.07) is 7.05. The molecule has 0 radical (unpaired) electrons. The molecule has 0 saturated heterocycles. The number of carbonyl (C=O) groups excluding carboxylic acids is 2. The van der Waals surface area contributed by atoms with Gasteiger partial charge < -0.3 is 15.7 Å². The van der Waals surface area contributed by atoms with Gasteiger partial charge in [-0.15, -0.1) is 0 Å². The SMILES string of the molecule is CC(=O)Nc1cc(Br)c(C)cc1C.CC(=O)Nc1cc(Br)c(C)cc1C(=O)O. The molecule has 0 heterocycles. The van der Waals surface area contributed by atoms with Crippen LogP contribution < -0.4 is 10.6 Å². The molecule has 3 N–H and O–H groups in total. The highest BCUT2D eigenvalue weighted by molar-refractivity contribution is 9.10. The fraction of sp³-hybridized carbons (Fsp3) is 0.250. The molecular formula is C20H22Br2N2O4. The summed E-state index contributed by atoms with van der Waals surface area (Å²) in [4.78, 5) is 32.6. The highest BCUT2D eigenvalue weighted by Crippen LogP contribution is 2.26. The van der Waals surface area contributed by atoms with Crippen LogP contribution in [0.15, 0.2) is 33.2 Å². The maximum atomic E-state index is 10.9. The van der Waals surface area contributed by atoms with Crippen molar-refractivity contribution in [1.82, 2.24) is 0 Å². The largest absolute Gasteiger partial charge is 0.478 e. The van der Waals surface area contributed by atoms with Crippen LogP contribution in [-0.4, -0.2) is 22.9 Å². The number of carboxylic acid groups (broad SMARTS) is 1. The van der Waals surface area contributed by atoms with E-state index in [0.29, 0.717) is 5.69 Å². The van der Waals surface area contributed by atoms with Crippen molar-refractivity contribution >= 4 is 61.0 Å². The molecule has 2 aromatic carbocycles. The second kappa shape index (κ2) is 10.4. The van der Waals surface area contributed by atoms with Crippen LogP contribution in [0.5, 0.6) is 0 Å². The summed E-state index contributed by atoms with van der Waals surface area (Å²) < 4.78 is 1.78. The van der Waals surface area contributed by atoms with Crippen molar-refractivity contribution < 1.29 is 19.5 Å².